The van der Waals surface area contributed by atoms with E-state index in [0.29, 0.717) is 6.66 Å². The molecule has 0 spiro atoms. The van der Waals surface area contributed by atoms with Crippen LogP contribution in [0.4, 0.5) is 13.2 Å². The number of hydrogen-bond donors (Lipinski definition) is 1. The first-order valence-corrected chi connectivity index (χ1v) is 6.80. The van der Waals surface area contributed by atoms with Gasteiger partial charge in [0.05, 0.1) is 0 Å². The van der Waals surface area contributed by atoms with E-state index in [4.69, 9.17) is 16.5 Å². The fraction of sp³-hybridized carbons (Fsp3) is 0.333. The summed E-state index contributed by atoms with van der Waals surface area (Å²) in [5, 5.41) is 0.0974. The highest BCUT2D eigenvalue weighted by molar-refractivity contribution is 7.57. The topological polar surface area (TPSA) is 37.3 Å². The molecule has 1 rings (SSSR count). The predicted molar refractivity (Wildman–Crippen MR) is 56.0 cm³/mol. The molecule has 0 heterocycles. The molecule has 2 atom stereocenters. The Morgan fingerprint density at radius 2 is 2.00 bits per heavy atom. The van der Waals surface area contributed by atoms with Crippen molar-refractivity contribution in [3.8, 4) is 0 Å². The van der Waals surface area contributed by atoms with E-state index in [9.17, 15) is 17.7 Å². The molecule has 0 aliphatic rings. The predicted octanol–water partition coefficient (Wildman–Crippen LogP) is 3.84. The minimum absolute atomic E-state index is 0.0974. The molecule has 1 unspecified atom stereocenters. The van der Waals surface area contributed by atoms with E-state index in [1.807, 2.05) is 0 Å². The summed E-state index contributed by atoms with van der Waals surface area (Å²) in [6.45, 7) is 0.687. The van der Waals surface area contributed by atoms with Gasteiger partial charge in [-0.15, -0.1) is 0 Å². The Bertz CT molecular complexity index is 427. The highest BCUT2D eigenvalue weighted by Gasteiger charge is 2.49. The summed E-state index contributed by atoms with van der Waals surface area (Å²) < 4.78 is 49.2. The van der Waals surface area contributed by atoms with E-state index in [1.54, 1.807) is 0 Å². The Hall–Kier alpha value is -0.510. The van der Waals surface area contributed by atoms with E-state index in [0.717, 1.165) is 12.1 Å². The van der Waals surface area contributed by atoms with Crippen LogP contribution in [-0.4, -0.2) is 17.7 Å². The summed E-state index contributed by atoms with van der Waals surface area (Å²) in [5.41, 5.74) is -2.69. The maximum Gasteiger partial charge on any atom is 0.404 e. The molecule has 0 saturated carbocycles. The lowest BCUT2D eigenvalue weighted by molar-refractivity contribution is -0.133. The van der Waals surface area contributed by atoms with E-state index >= 15 is 0 Å². The number of halogens is 4. The van der Waals surface area contributed by atoms with Gasteiger partial charge >= 0.3 is 6.18 Å². The molecule has 0 saturated heterocycles. The number of rotatable bonds is 2. The van der Waals surface area contributed by atoms with Crippen LogP contribution in [0.1, 0.15) is 11.2 Å². The fourth-order valence-electron chi connectivity index (χ4n) is 1.41. The number of hydrogen-bond acceptors (Lipinski definition) is 1. The minimum atomic E-state index is -4.77. The molecule has 0 bridgehead atoms. The van der Waals surface area contributed by atoms with Gasteiger partial charge in [-0.1, -0.05) is 23.7 Å². The van der Waals surface area contributed by atoms with E-state index in [1.165, 1.54) is 12.1 Å². The van der Waals surface area contributed by atoms with Gasteiger partial charge in [-0.2, -0.15) is 13.2 Å². The summed E-state index contributed by atoms with van der Waals surface area (Å²) in [6, 6.07) is 4.89. The minimum Gasteiger partial charge on any atom is -0.344 e. The Balaban J connectivity index is 3.29. The zero-order chi connectivity index (χ0) is 12.6. The van der Waals surface area contributed by atoms with E-state index in [-0.39, 0.29) is 10.6 Å². The van der Waals surface area contributed by atoms with Crippen LogP contribution in [0.5, 0.6) is 0 Å². The molecule has 1 aromatic carbocycles. The van der Waals surface area contributed by atoms with E-state index < -0.39 is 19.2 Å². The van der Waals surface area contributed by atoms with Crippen molar-refractivity contribution in [2.24, 2.45) is 0 Å². The lowest BCUT2D eigenvalue weighted by Crippen LogP contribution is -2.20. The summed E-state index contributed by atoms with van der Waals surface area (Å²) in [6.07, 6.45) is -4.77. The van der Waals surface area contributed by atoms with Crippen LogP contribution in [0.2, 0.25) is 5.02 Å². The third-order valence-electron chi connectivity index (χ3n) is 1.95. The van der Waals surface area contributed by atoms with Crippen LogP contribution >= 0.6 is 19.0 Å². The molecule has 1 N–H and O–H groups in total. The molecule has 0 aliphatic carbocycles. The molecule has 0 aliphatic heterocycles. The van der Waals surface area contributed by atoms with Crippen molar-refractivity contribution in [1.29, 1.82) is 0 Å². The second kappa shape index (κ2) is 4.40. The summed E-state index contributed by atoms with van der Waals surface area (Å²) in [5.74, 6) is 0. The molecule has 7 heteroatoms. The van der Waals surface area contributed by atoms with Crippen LogP contribution in [0.3, 0.4) is 0 Å². The van der Waals surface area contributed by atoms with Crippen molar-refractivity contribution in [3.63, 3.8) is 0 Å². The largest absolute Gasteiger partial charge is 0.404 e. The van der Waals surface area contributed by atoms with Crippen LogP contribution in [0.25, 0.3) is 0 Å². The Labute approximate surface area is 95.5 Å². The molecular formula is C9H9ClF3O2P. The lowest BCUT2D eigenvalue weighted by atomic mass is 10.1. The third kappa shape index (κ3) is 3.24. The summed E-state index contributed by atoms with van der Waals surface area (Å²) in [7, 11) is -4.32. The second-order valence-corrected chi connectivity index (χ2v) is 6.28. The average molecular weight is 273 g/mol. The van der Waals surface area contributed by atoms with Gasteiger partial charge in [0.1, 0.15) is 0 Å². The van der Waals surface area contributed by atoms with Gasteiger partial charge in [0, 0.05) is 11.7 Å². The van der Waals surface area contributed by atoms with Gasteiger partial charge in [0.2, 0.25) is 7.37 Å². The standard InChI is InChI=1S/C9H9ClF3O2P/c1-16(14,15)8(9(11,12)13)6-3-2-4-7(10)5-6/h2-5,8H,1H3,(H,14,15)/t8-/m1/s1. The van der Waals surface area contributed by atoms with Crippen LogP contribution < -0.4 is 0 Å². The molecule has 0 radical (unpaired) electrons. The van der Waals surface area contributed by atoms with Crippen LogP contribution in [0.15, 0.2) is 24.3 Å². The zero-order valence-electron chi connectivity index (χ0n) is 8.20. The Kier molecular flexibility index (Phi) is 3.72. The molecule has 16 heavy (non-hydrogen) atoms. The van der Waals surface area contributed by atoms with Gasteiger partial charge in [-0.05, 0) is 17.7 Å². The first-order chi connectivity index (χ1) is 7.12. The van der Waals surface area contributed by atoms with Crippen molar-refractivity contribution < 1.29 is 22.6 Å². The molecule has 90 valence electrons. The maximum atomic E-state index is 12.7. The summed E-state index contributed by atoms with van der Waals surface area (Å²) in [4.78, 5) is 9.15. The summed E-state index contributed by atoms with van der Waals surface area (Å²) >= 11 is 5.55. The molecule has 0 fully saturated rings. The fourth-order valence-corrected chi connectivity index (χ4v) is 2.87. The SMILES string of the molecule is CP(=O)(O)[C@H](c1cccc(Cl)c1)C(F)(F)F. The Morgan fingerprint density at radius 3 is 2.38 bits per heavy atom. The maximum absolute atomic E-state index is 12.7. The first-order valence-electron chi connectivity index (χ1n) is 4.24. The van der Waals surface area contributed by atoms with Crippen molar-refractivity contribution in [1.82, 2.24) is 0 Å². The first kappa shape index (κ1) is 13.6. The number of alkyl halides is 3. The normalized spacial score (nSPS) is 17.9. The van der Waals surface area contributed by atoms with Gasteiger partial charge in [-0.3, -0.25) is 4.57 Å². The molecule has 0 aromatic heterocycles. The third-order valence-corrected chi connectivity index (χ3v) is 3.74. The smallest absolute Gasteiger partial charge is 0.344 e. The lowest BCUT2D eigenvalue weighted by Gasteiger charge is -2.23. The molecular weight excluding hydrogens is 264 g/mol. The van der Waals surface area contributed by atoms with Gasteiger partial charge < -0.3 is 4.89 Å². The van der Waals surface area contributed by atoms with Crippen molar-refractivity contribution >= 4 is 19.0 Å². The van der Waals surface area contributed by atoms with Gasteiger partial charge in [0.15, 0.2) is 5.66 Å². The molecule has 2 nitrogen and oxygen atoms in total. The number of benzene rings is 1. The molecule has 1 aromatic rings. The quantitative estimate of drug-likeness (QED) is 0.831. The van der Waals surface area contributed by atoms with Gasteiger partial charge in [-0.25, -0.2) is 0 Å². The Morgan fingerprint density at radius 1 is 1.44 bits per heavy atom. The second-order valence-electron chi connectivity index (χ2n) is 3.44. The van der Waals surface area contributed by atoms with Gasteiger partial charge in [0.25, 0.3) is 0 Å². The van der Waals surface area contributed by atoms with Crippen molar-refractivity contribution in [3.05, 3.63) is 34.9 Å². The van der Waals surface area contributed by atoms with Crippen LogP contribution in [-0.2, 0) is 4.57 Å². The zero-order valence-corrected chi connectivity index (χ0v) is 9.85. The van der Waals surface area contributed by atoms with Crippen molar-refractivity contribution in [2.75, 3.05) is 6.66 Å². The highest BCUT2D eigenvalue weighted by Crippen LogP contribution is 2.59. The molecule has 0 amide bonds. The highest BCUT2D eigenvalue weighted by atomic mass is 35.5. The average Bonchev–Trinajstić information content (AvgIpc) is 1.97. The van der Waals surface area contributed by atoms with Crippen molar-refractivity contribution in [2.45, 2.75) is 11.8 Å². The monoisotopic (exact) mass is 272 g/mol. The van der Waals surface area contributed by atoms with Crippen LogP contribution in [0, 0.1) is 0 Å². The van der Waals surface area contributed by atoms with E-state index in [2.05, 4.69) is 0 Å².